The van der Waals surface area contributed by atoms with Crippen molar-refractivity contribution >= 4 is 20.2 Å². The van der Waals surface area contributed by atoms with Crippen LogP contribution in [0.1, 0.15) is 60.3 Å². The number of benzene rings is 2. The molecular formula is C28H36NO7P. The number of cyclic esters (lactones) is 1. The van der Waals surface area contributed by atoms with Gasteiger partial charge in [-0.15, -0.1) is 0 Å². The van der Waals surface area contributed by atoms with E-state index in [9.17, 15) is 14.7 Å². The average molecular weight is 530 g/mol. The second-order valence-electron chi connectivity index (χ2n) is 8.83. The molecule has 8 nitrogen and oxygen atoms in total. The van der Waals surface area contributed by atoms with Crippen molar-refractivity contribution in [3.8, 4) is 11.5 Å². The normalized spacial score (nSPS) is 14.6. The number of phenols is 1. The van der Waals surface area contributed by atoms with Gasteiger partial charge in [0, 0.05) is 11.1 Å². The van der Waals surface area contributed by atoms with Crippen LogP contribution in [-0.2, 0) is 38.5 Å². The third kappa shape index (κ3) is 7.31. The number of allylic oxidation sites excluding steroid dienone is 1. The van der Waals surface area contributed by atoms with Crippen LogP contribution in [0.25, 0.3) is 0 Å². The molecule has 0 bridgehead atoms. The predicted molar refractivity (Wildman–Crippen MR) is 143 cm³/mol. The van der Waals surface area contributed by atoms with Gasteiger partial charge in [0.15, 0.2) is 8.30 Å². The molecule has 1 aliphatic heterocycles. The highest BCUT2D eigenvalue weighted by Crippen LogP contribution is 2.38. The van der Waals surface area contributed by atoms with Gasteiger partial charge in [-0.05, 0) is 63.8 Å². The molecule has 1 heterocycles. The predicted octanol–water partition coefficient (Wildman–Crippen LogP) is 5.33. The third-order valence-electron chi connectivity index (χ3n) is 6.13. The summed E-state index contributed by atoms with van der Waals surface area (Å²) in [6, 6.07) is 8.83. The topological polar surface area (TPSA) is 103 Å². The van der Waals surface area contributed by atoms with Gasteiger partial charge in [-0.2, -0.15) is 0 Å². The third-order valence-corrected chi connectivity index (χ3v) is 7.65. The molecule has 9 heteroatoms. The van der Waals surface area contributed by atoms with Gasteiger partial charge in [0.1, 0.15) is 36.1 Å². The fraction of sp³-hybridized carbons (Fsp3) is 0.429. The molecule has 200 valence electrons. The first-order valence-electron chi connectivity index (χ1n) is 12.5. The quantitative estimate of drug-likeness (QED) is 0.204. The van der Waals surface area contributed by atoms with E-state index in [4.69, 9.17) is 18.7 Å². The summed E-state index contributed by atoms with van der Waals surface area (Å²) in [6.07, 6.45) is 3.47. The van der Waals surface area contributed by atoms with Gasteiger partial charge in [0.25, 0.3) is 0 Å². The average Bonchev–Trinajstić information content (AvgIpc) is 3.27. The second-order valence-corrected chi connectivity index (χ2v) is 10.3. The van der Waals surface area contributed by atoms with Crippen LogP contribution in [0.15, 0.2) is 42.0 Å². The van der Waals surface area contributed by atoms with Crippen molar-refractivity contribution in [2.75, 3.05) is 19.6 Å². The first-order valence-corrected chi connectivity index (χ1v) is 13.9. The SMILES string of the molecule is CCOC(=O)C(C)NP(COC/C(C)=C/Cc1c(O)c2c(c(C)c1CC)COC2=O)Oc1ccccc1. The van der Waals surface area contributed by atoms with Crippen LogP contribution in [0.2, 0.25) is 0 Å². The summed E-state index contributed by atoms with van der Waals surface area (Å²) in [5.74, 6) is -0.120. The van der Waals surface area contributed by atoms with Gasteiger partial charge in [-0.3, -0.25) is 4.79 Å². The van der Waals surface area contributed by atoms with E-state index in [1.54, 1.807) is 13.8 Å². The van der Waals surface area contributed by atoms with Crippen molar-refractivity contribution in [1.29, 1.82) is 0 Å². The lowest BCUT2D eigenvalue weighted by Crippen LogP contribution is -2.33. The van der Waals surface area contributed by atoms with Crippen LogP contribution in [0.3, 0.4) is 0 Å². The summed E-state index contributed by atoms with van der Waals surface area (Å²) in [5.41, 5.74) is 4.83. The number of rotatable bonds is 13. The Morgan fingerprint density at radius 2 is 1.97 bits per heavy atom. The lowest BCUT2D eigenvalue weighted by molar-refractivity contribution is -0.144. The highest BCUT2D eigenvalue weighted by Gasteiger charge is 2.30. The van der Waals surface area contributed by atoms with E-state index in [1.165, 1.54) is 0 Å². The Morgan fingerprint density at radius 3 is 2.65 bits per heavy atom. The maximum atomic E-state index is 12.2. The molecule has 0 amide bonds. The standard InChI is InChI=1S/C28H36NO7P/c1-6-22-19(4)24-16-35-28(32)25(24)26(30)23(22)14-13-18(3)15-33-17-37(29-20(5)27(31)34-7-2)36-21-11-9-8-10-12-21/h8-13,20,29-30H,6-7,14-17H2,1-5H3/b18-13+. The Kier molecular flexibility index (Phi) is 10.5. The minimum absolute atomic E-state index is 0.0156. The number of fused-ring (bicyclic) bond motifs is 1. The van der Waals surface area contributed by atoms with E-state index in [1.807, 2.05) is 57.2 Å². The smallest absolute Gasteiger partial charge is 0.342 e. The maximum Gasteiger partial charge on any atom is 0.342 e. The zero-order valence-corrected chi connectivity index (χ0v) is 23.0. The zero-order valence-electron chi connectivity index (χ0n) is 22.1. The molecule has 2 N–H and O–H groups in total. The molecule has 0 aromatic heterocycles. The Morgan fingerprint density at radius 1 is 1.24 bits per heavy atom. The van der Waals surface area contributed by atoms with Gasteiger partial charge < -0.3 is 23.8 Å². The van der Waals surface area contributed by atoms with E-state index in [0.29, 0.717) is 25.4 Å². The molecule has 3 rings (SSSR count). The minimum atomic E-state index is -1.32. The van der Waals surface area contributed by atoms with E-state index >= 15 is 0 Å². The first kappa shape index (κ1) is 28.6. The van der Waals surface area contributed by atoms with Gasteiger partial charge in [0.2, 0.25) is 0 Å². The molecule has 0 saturated heterocycles. The number of ether oxygens (including phenoxy) is 3. The molecule has 0 aliphatic carbocycles. The number of carbonyl (C=O) groups excluding carboxylic acids is 2. The highest BCUT2D eigenvalue weighted by atomic mass is 31.2. The molecule has 2 aromatic rings. The van der Waals surface area contributed by atoms with E-state index in [-0.39, 0.29) is 30.2 Å². The lowest BCUT2D eigenvalue weighted by Gasteiger charge is -2.22. The number of phenolic OH excluding ortho intramolecular Hbond substituents is 1. The van der Waals surface area contributed by atoms with Crippen molar-refractivity contribution in [3.05, 3.63) is 69.8 Å². The molecule has 0 fully saturated rings. The van der Waals surface area contributed by atoms with Gasteiger partial charge >= 0.3 is 11.9 Å². The van der Waals surface area contributed by atoms with Gasteiger partial charge in [0.05, 0.1) is 13.2 Å². The Labute approximate surface area is 219 Å². The summed E-state index contributed by atoms with van der Waals surface area (Å²) in [4.78, 5) is 24.3. The summed E-state index contributed by atoms with van der Waals surface area (Å²) >= 11 is 0. The van der Waals surface area contributed by atoms with Crippen LogP contribution in [0, 0.1) is 6.92 Å². The fourth-order valence-electron chi connectivity index (χ4n) is 4.20. The summed E-state index contributed by atoms with van der Waals surface area (Å²) < 4.78 is 22.3. The molecule has 2 atom stereocenters. The Bertz CT molecular complexity index is 1130. The molecule has 2 aromatic carbocycles. The number of hydrogen-bond acceptors (Lipinski definition) is 8. The Balaban J connectivity index is 1.65. The Hall–Kier alpha value is -2.93. The number of aromatic hydroxyl groups is 1. The maximum absolute atomic E-state index is 12.2. The van der Waals surface area contributed by atoms with Crippen molar-refractivity contribution < 1.29 is 33.4 Å². The molecule has 1 aliphatic rings. The van der Waals surface area contributed by atoms with Crippen LogP contribution in [0.4, 0.5) is 0 Å². The van der Waals surface area contributed by atoms with Gasteiger partial charge in [-0.1, -0.05) is 36.8 Å². The van der Waals surface area contributed by atoms with Crippen LogP contribution in [0.5, 0.6) is 11.5 Å². The zero-order chi connectivity index (χ0) is 26.9. The summed E-state index contributed by atoms with van der Waals surface area (Å²) in [7, 11) is -1.32. The number of esters is 2. The number of hydrogen-bond donors (Lipinski definition) is 2. The molecule has 0 saturated carbocycles. The van der Waals surface area contributed by atoms with Crippen molar-refractivity contribution in [2.24, 2.45) is 0 Å². The summed E-state index contributed by atoms with van der Waals surface area (Å²) in [5, 5.41) is 14.0. The van der Waals surface area contributed by atoms with E-state index < -0.39 is 20.3 Å². The number of para-hydroxylation sites is 1. The molecule has 0 spiro atoms. The van der Waals surface area contributed by atoms with E-state index in [2.05, 4.69) is 5.09 Å². The number of carbonyl (C=O) groups is 2. The van der Waals surface area contributed by atoms with E-state index in [0.717, 1.165) is 34.2 Å². The van der Waals surface area contributed by atoms with Crippen molar-refractivity contribution in [2.45, 2.75) is 60.1 Å². The van der Waals surface area contributed by atoms with Gasteiger partial charge in [-0.25, -0.2) is 9.88 Å². The summed E-state index contributed by atoms with van der Waals surface area (Å²) in [6.45, 7) is 10.3. The highest BCUT2D eigenvalue weighted by molar-refractivity contribution is 7.50. The van der Waals surface area contributed by atoms with Crippen LogP contribution in [-0.4, -0.2) is 42.6 Å². The molecular weight excluding hydrogens is 493 g/mol. The molecule has 2 unspecified atom stereocenters. The first-order chi connectivity index (χ1) is 17.8. The van der Waals surface area contributed by atoms with Crippen molar-refractivity contribution in [3.63, 3.8) is 0 Å². The van der Waals surface area contributed by atoms with Crippen LogP contribution >= 0.6 is 8.30 Å². The largest absolute Gasteiger partial charge is 0.507 e. The second kappa shape index (κ2) is 13.6. The molecule has 37 heavy (non-hydrogen) atoms. The lowest BCUT2D eigenvalue weighted by atomic mass is 9.89. The van der Waals surface area contributed by atoms with Crippen molar-refractivity contribution in [1.82, 2.24) is 5.09 Å². The fourth-order valence-corrected chi connectivity index (χ4v) is 5.55. The molecule has 0 radical (unpaired) electrons. The number of nitrogens with one attached hydrogen (secondary N) is 1. The minimum Gasteiger partial charge on any atom is -0.507 e. The monoisotopic (exact) mass is 529 g/mol. The van der Waals surface area contributed by atoms with Crippen LogP contribution < -0.4 is 9.61 Å².